The standard InChI is InChI=1S/C15H19ClIN3O4/c1-15(2,3)12(23-14(18)21)10-5-9(24-20-10)7-22-11-4-8(16)6-19-13(11)17/h4,6,9,12H,5,7H2,1-3H3,(H2,18,21). The van der Waals surface area contributed by atoms with E-state index in [-0.39, 0.29) is 18.1 Å². The number of carbonyl (C=O) groups is 1. The van der Waals surface area contributed by atoms with Gasteiger partial charge in [0.1, 0.15) is 22.1 Å². The minimum Gasteiger partial charge on any atom is -0.487 e. The summed E-state index contributed by atoms with van der Waals surface area (Å²) in [7, 11) is 0. The van der Waals surface area contributed by atoms with Gasteiger partial charge in [0, 0.05) is 24.1 Å². The van der Waals surface area contributed by atoms with Crippen molar-refractivity contribution in [3.05, 3.63) is 21.0 Å². The van der Waals surface area contributed by atoms with E-state index in [4.69, 9.17) is 31.6 Å². The number of ether oxygens (including phenoxy) is 2. The molecule has 9 heteroatoms. The second-order valence-corrected chi connectivity index (χ2v) is 7.91. The minimum atomic E-state index is -0.836. The van der Waals surface area contributed by atoms with E-state index >= 15 is 0 Å². The first-order valence-corrected chi connectivity index (χ1v) is 8.75. The van der Waals surface area contributed by atoms with E-state index in [9.17, 15) is 4.79 Å². The zero-order valence-electron chi connectivity index (χ0n) is 13.6. The van der Waals surface area contributed by atoms with Crippen molar-refractivity contribution in [2.75, 3.05) is 6.61 Å². The van der Waals surface area contributed by atoms with Crippen LogP contribution in [0.2, 0.25) is 5.02 Å². The van der Waals surface area contributed by atoms with Crippen LogP contribution in [0.4, 0.5) is 4.79 Å². The molecule has 0 aliphatic carbocycles. The maximum absolute atomic E-state index is 11.1. The summed E-state index contributed by atoms with van der Waals surface area (Å²) < 4.78 is 11.6. The topological polar surface area (TPSA) is 96.0 Å². The first kappa shape index (κ1) is 19.0. The molecule has 1 aromatic heterocycles. The van der Waals surface area contributed by atoms with E-state index in [1.807, 2.05) is 20.8 Å². The highest BCUT2D eigenvalue weighted by Crippen LogP contribution is 2.29. The Hall–Kier alpha value is -1.29. The Morgan fingerprint density at radius 3 is 2.92 bits per heavy atom. The molecule has 24 heavy (non-hydrogen) atoms. The maximum Gasteiger partial charge on any atom is 0.405 e. The van der Waals surface area contributed by atoms with Crippen LogP contribution in [-0.2, 0) is 9.57 Å². The predicted octanol–water partition coefficient (Wildman–Crippen LogP) is 3.37. The monoisotopic (exact) mass is 467 g/mol. The van der Waals surface area contributed by atoms with Gasteiger partial charge in [-0.2, -0.15) is 0 Å². The molecule has 2 heterocycles. The van der Waals surface area contributed by atoms with Crippen molar-refractivity contribution in [1.82, 2.24) is 4.98 Å². The van der Waals surface area contributed by atoms with Crippen LogP contribution in [-0.4, -0.2) is 35.6 Å². The highest BCUT2D eigenvalue weighted by atomic mass is 127. The van der Waals surface area contributed by atoms with Gasteiger partial charge in [0.2, 0.25) is 0 Å². The van der Waals surface area contributed by atoms with Crippen molar-refractivity contribution < 1.29 is 19.1 Å². The summed E-state index contributed by atoms with van der Waals surface area (Å²) in [6, 6.07) is 1.70. The molecule has 0 aromatic carbocycles. The van der Waals surface area contributed by atoms with E-state index in [0.717, 1.165) is 0 Å². The number of hydrogen-bond acceptors (Lipinski definition) is 6. The first-order chi connectivity index (χ1) is 11.2. The second-order valence-electron chi connectivity index (χ2n) is 6.45. The van der Waals surface area contributed by atoms with Crippen LogP contribution >= 0.6 is 34.2 Å². The number of amides is 1. The van der Waals surface area contributed by atoms with Gasteiger partial charge >= 0.3 is 6.09 Å². The molecule has 0 fully saturated rings. The number of nitrogens with two attached hydrogens (primary N) is 1. The third-order valence-electron chi connectivity index (χ3n) is 3.28. The van der Waals surface area contributed by atoms with E-state index < -0.39 is 12.2 Å². The number of rotatable bonds is 5. The van der Waals surface area contributed by atoms with Crippen molar-refractivity contribution in [3.8, 4) is 5.75 Å². The van der Waals surface area contributed by atoms with Crippen LogP contribution < -0.4 is 10.5 Å². The van der Waals surface area contributed by atoms with Crippen LogP contribution in [0.1, 0.15) is 27.2 Å². The predicted molar refractivity (Wildman–Crippen MR) is 98.3 cm³/mol. The number of primary amides is 1. The van der Waals surface area contributed by atoms with Crippen molar-refractivity contribution in [3.63, 3.8) is 0 Å². The fraction of sp³-hybridized carbons (Fsp3) is 0.533. The molecule has 2 atom stereocenters. The smallest absolute Gasteiger partial charge is 0.405 e. The molecule has 1 amide bonds. The molecule has 2 unspecified atom stereocenters. The molecular weight excluding hydrogens is 449 g/mol. The summed E-state index contributed by atoms with van der Waals surface area (Å²) in [4.78, 5) is 20.6. The molecule has 0 radical (unpaired) electrons. The van der Waals surface area contributed by atoms with Crippen LogP contribution in [0.3, 0.4) is 0 Å². The summed E-state index contributed by atoms with van der Waals surface area (Å²) in [5.41, 5.74) is 5.44. The fourth-order valence-corrected chi connectivity index (χ4v) is 2.84. The molecule has 0 saturated carbocycles. The second kappa shape index (κ2) is 7.73. The summed E-state index contributed by atoms with van der Waals surface area (Å²) in [6.45, 7) is 6.09. The molecule has 1 aliphatic heterocycles. The summed E-state index contributed by atoms with van der Waals surface area (Å²) in [5, 5.41) is 4.55. The van der Waals surface area contributed by atoms with E-state index in [2.05, 4.69) is 32.7 Å². The van der Waals surface area contributed by atoms with Gasteiger partial charge in [-0.05, 0) is 22.6 Å². The lowest BCUT2D eigenvalue weighted by molar-refractivity contribution is 0.0464. The molecule has 2 N–H and O–H groups in total. The molecule has 132 valence electrons. The van der Waals surface area contributed by atoms with Gasteiger partial charge in [0.25, 0.3) is 0 Å². The SMILES string of the molecule is CC(C)(C)C(OC(N)=O)C1=NOC(COc2cc(Cl)cnc2I)C1. The number of carbonyl (C=O) groups excluding carboxylic acids is 1. The number of pyridine rings is 1. The first-order valence-electron chi connectivity index (χ1n) is 7.29. The average molecular weight is 468 g/mol. The largest absolute Gasteiger partial charge is 0.487 e. The molecule has 2 rings (SSSR count). The van der Waals surface area contributed by atoms with Crippen LogP contribution in [0.25, 0.3) is 0 Å². The lowest BCUT2D eigenvalue weighted by Gasteiger charge is -2.28. The van der Waals surface area contributed by atoms with Crippen molar-refractivity contribution in [1.29, 1.82) is 0 Å². The molecule has 0 spiro atoms. The molecule has 0 saturated heterocycles. The molecule has 0 bridgehead atoms. The number of halogens is 2. The van der Waals surface area contributed by atoms with Crippen molar-refractivity contribution in [2.45, 2.75) is 39.4 Å². The Labute approximate surface area is 159 Å². The zero-order chi connectivity index (χ0) is 17.9. The maximum atomic E-state index is 11.1. The van der Waals surface area contributed by atoms with Crippen LogP contribution in [0, 0.1) is 9.12 Å². The highest BCUT2D eigenvalue weighted by molar-refractivity contribution is 14.1. The molecular formula is C15H19ClIN3O4. The fourth-order valence-electron chi connectivity index (χ4n) is 2.24. The van der Waals surface area contributed by atoms with Gasteiger partial charge in [0.05, 0.1) is 5.02 Å². The Morgan fingerprint density at radius 2 is 2.29 bits per heavy atom. The Bertz CT molecular complexity index is 648. The molecule has 1 aliphatic rings. The highest BCUT2D eigenvalue weighted by Gasteiger charge is 2.37. The van der Waals surface area contributed by atoms with Crippen molar-refractivity contribution >= 4 is 46.0 Å². The number of hydrogen-bond donors (Lipinski definition) is 1. The lowest BCUT2D eigenvalue weighted by Crippen LogP contribution is -2.40. The van der Waals surface area contributed by atoms with Gasteiger partial charge in [-0.15, -0.1) is 0 Å². The van der Waals surface area contributed by atoms with Gasteiger partial charge in [-0.1, -0.05) is 37.5 Å². The zero-order valence-corrected chi connectivity index (χ0v) is 16.5. The van der Waals surface area contributed by atoms with E-state index in [1.54, 1.807) is 12.3 Å². The van der Waals surface area contributed by atoms with Gasteiger partial charge in [0.15, 0.2) is 11.9 Å². The molecule has 1 aromatic rings. The van der Waals surface area contributed by atoms with E-state index in [0.29, 0.717) is 26.6 Å². The average Bonchev–Trinajstić information content (AvgIpc) is 2.93. The summed E-state index contributed by atoms with van der Waals surface area (Å²) >= 11 is 7.98. The van der Waals surface area contributed by atoms with E-state index in [1.165, 1.54) is 0 Å². The van der Waals surface area contributed by atoms with Gasteiger partial charge in [-0.3, -0.25) is 0 Å². The number of aromatic nitrogens is 1. The number of oxime groups is 1. The van der Waals surface area contributed by atoms with Crippen LogP contribution in [0.5, 0.6) is 5.75 Å². The lowest BCUT2D eigenvalue weighted by atomic mass is 9.84. The minimum absolute atomic E-state index is 0.276. The van der Waals surface area contributed by atoms with Crippen molar-refractivity contribution in [2.24, 2.45) is 16.3 Å². The Kier molecular flexibility index (Phi) is 6.13. The summed E-state index contributed by atoms with van der Waals surface area (Å²) in [5.74, 6) is 0.584. The van der Waals surface area contributed by atoms with Crippen LogP contribution in [0.15, 0.2) is 17.4 Å². The normalized spacial score (nSPS) is 18.5. The summed E-state index contributed by atoms with van der Waals surface area (Å²) in [6.07, 6.45) is 0.374. The third-order valence-corrected chi connectivity index (χ3v) is 4.29. The van der Waals surface area contributed by atoms with Gasteiger partial charge < -0.3 is 20.0 Å². The quantitative estimate of drug-likeness (QED) is 0.529. The Balaban J connectivity index is 1.96. The number of nitrogens with zero attached hydrogens (tertiary/aromatic N) is 2. The van der Waals surface area contributed by atoms with Gasteiger partial charge in [-0.25, -0.2) is 9.78 Å². The third kappa shape index (κ3) is 5.10. The molecule has 7 nitrogen and oxygen atoms in total. The Morgan fingerprint density at radius 1 is 1.58 bits per heavy atom.